The highest BCUT2D eigenvalue weighted by Crippen LogP contribution is 2.24. The fraction of sp³-hybridized carbons (Fsp3) is 0.312. The summed E-state index contributed by atoms with van der Waals surface area (Å²) in [4.78, 5) is 22.9. The summed E-state index contributed by atoms with van der Waals surface area (Å²) >= 11 is 6.07. The van der Waals surface area contributed by atoms with Gasteiger partial charge in [-0.2, -0.15) is 0 Å². The van der Waals surface area contributed by atoms with Gasteiger partial charge < -0.3 is 10.2 Å². The molecule has 1 aromatic heterocycles. The van der Waals surface area contributed by atoms with Crippen LogP contribution in [-0.4, -0.2) is 29.0 Å². The first kappa shape index (κ1) is 14.8. The van der Waals surface area contributed by atoms with Crippen LogP contribution in [0.5, 0.6) is 0 Å². The zero-order valence-corrected chi connectivity index (χ0v) is 13.1. The number of hydrogen-bond acceptors (Lipinski definition) is 4. The molecule has 0 aliphatic carbocycles. The van der Waals surface area contributed by atoms with Crippen LogP contribution in [0.15, 0.2) is 30.6 Å². The number of nitrogens with one attached hydrogen (secondary N) is 1. The van der Waals surface area contributed by atoms with E-state index in [1.54, 1.807) is 18.2 Å². The molecule has 1 saturated heterocycles. The Labute approximate surface area is 134 Å². The molecule has 0 spiro atoms. The number of carbonyl (C=O) groups is 1. The average molecular weight is 317 g/mol. The van der Waals surface area contributed by atoms with Crippen molar-refractivity contribution >= 4 is 29.0 Å². The Morgan fingerprint density at radius 2 is 2.05 bits per heavy atom. The summed E-state index contributed by atoms with van der Waals surface area (Å²) in [6.45, 7) is 3.82. The molecule has 2 aromatic rings. The molecular formula is C16H17ClN4O. The zero-order chi connectivity index (χ0) is 15.5. The van der Waals surface area contributed by atoms with Gasteiger partial charge in [0.25, 0.3) is 5.91 Å². The molecule has 22 heavy (non-hydrogen) atoms. The van der Waals surface area contributed by atoms with E-state index in [9.17, 15) is 4.79 Å². The number of benzene rings is 1. The first-order chi connectivity index (χ1) is 10.6. The number of anilines is 2. The van der Waals surface area contributed by atoms with Crippen molar-refractivity contribution in [1.29, 1.82) is 0 Å². The minimum Gasteiger partial charge on any atom is -0.357 e. The van der Waals surface area contributed by atoms with Gasteiger partial charge in [-0.1, -0.05) is 17.7 Å². The van der Waals surface area contributed by atoms with Gasteiger partial charge in [0, 0.05) is 29.9 Å². The molecule has 3 rings (SSSR count). The Balaban J connectivity index is 1.80. The van der Waals surface area contributed by atoms with Gasteiger partial charge in [-0.3, -0.25) is 4.79 Å². The number of rotatable bonds is 3. The Morgan fingerprint density at radius 1 is 1.27 bits per heavy atom. The van der Waals surface area contributed by atoms with Crippen LogP contribution in [0, 0.1) is 6.92 Å². The van der Waals surface area contributed by atoms with Crippen LogP contribution in [0.25, 0.3) is 0 Å². The van der Waals surface area contributed by atoms with Gasteiger partial charge in [0.05, 0.1) is 0 Å². The molecular weight excluding hydrogens is 300 g/mol. The normalized spacial score (nSPS) is 14.2. The van der Waals surface area contributed by atoms with E-state index in [4.69, 9.17) is 11.6 Å². The molecule has 0 radical (unpaired) electrons. The second-order valence-corrected chi connectivity index (χ2v) is 5.73. The van der Waals surface area contributed by atoms with E-state index < -0.39 is 0 Å². The molecule has 6 heteroatoms. The molecule has 5 nitrogen and oxygen atoms in total. The SMILES string of the molecule is Cc1c(Cl)cccc1NC(=O)c1cc(N2CCCC2)ncn1. The summed E-state index contributed by atoms with van der Waals surface area (Å²) in [5.41, 5.74) is 1.89. The third-order valence-electron chi connectivity index (χ3n) is 3.83. The monoisotopic (exact) mass is 316 g/mol. The third-order valence-corrected chi connectivity index (χ3v) is 4.24. The van der Waals surface area contributed by atoms with Crippen molar-refractivity contribution in [1.82, 2.24) is 9.97 Å². The van der Waals surface area contributed by atoms with Crippen LogP contribution in [0.2, 0.25) is 5.02 Å². The van der Waals surface area contributed by atoms with Crippen LogP contribution in [0.4, 0.5) is 11.5 Å². The van der Waals surface area contributed by atoms with Gasteiger partial charge >= 0.3 is 0 Å². The maximum Gasteiger partial charge on any atom is 0.274 e. The van der Waals surface area contributed by atoms with E-state index in [-0.39, 0.29) is 5.91 Å². The predicted molar refractivity (Wildman–Crippen MR) is 87.6 cm³/mol. The van der Waals surface area contributed by atoms with Crippen molar-refractivity contribution in [2.45, 2.75) is 19.8 Å². The highest BCUT2D eigenvalue weighted by atomic mass is 35.5. The molecule has 1 aromatic carbocycles. The molecule has 1 N–H and O–H groups in total. The summed E-state index contributed by atoms with van der Waals surface area (Å²) in [6.07, 6.45) is 3.76. The lowest BCUT2D eigenvalue weighted by Crippen LogP contribution is -2.21. The van der Waals surface area contributed by atoms with Crippen LogP contribution >= 0.6 is 11.6 Å². The largest absolute Gasteiger partial charge is 0.357 e. The molecule has 2 heterocycles. The second kappa shape index (κ2) is 6.32. The summed E-state index contributed by atoms with van der Waals surface area (Å²) < 4.78 is 0. The molecule has 1 fully saturated rings. The fourth-order valence-electron chi connectivity index (χ4n) is 2.52. The molecule has 0 saturated carbocycles. The van der Waals surface area contributed by atoms with E-state index in [0.29, 0.717) is 16.4 Å². The van der Waals surface area contributed by atoms with E-state index in [1.165, 1.54) is 6.33 Å². The Kier molecular flexibility index (Phi) is 4.24. The van der Waals surface area contributed by atoms with Gasteiger partial charge in [-0.05, 0) is 37.5 Å². The molecule has 0 unspecified atom stereocenters. The highest BCUT2D eigenvalue weighted by molar-refractivity contribution is 6.31. The molecule has 0 atom stereocenters. The Bertz CT molecular complexity index is 698. The van der Waals surface area contributed by atoms with Gasteiger partial charge in [-0.25, -0.2) is 9.97 Å². The minimum absolute atomic E-state index is 0.256. The average Bonchev–Trinajstić information content (AvgIpc) is 3.06. The number of aromatic nitrogens is 2. The first-order valence-electron chi connectivity index (χ1n) is 7.28. The third kappa shape index (κ3) is 3.04. The first-order valence-corrected chi connectivity index (χ1v) is 7.66. The molecule has 1 aliphatic heterocycles. The van der Waals surface area contributed by atoms with Crippen molar-refractivity contribution in [2.24, 2.45) is 0 Å². The summed E-state index contributed by atoms with van der Waals surface area (Å²) in [5.74, 6) is 0.550. The highest BCUT2D eigenvalue weighted by Gasteiger charge is 2.16. The van der Waals surface area contributed by atoms with Crippen molar-refractivity contribution in [3.8, 4) is 0 Å². The maximum absolute atomic E-state index is 12.4. The summed E-state index contributed by atoms with van der Waals surface area (Å²) in [5, 5.41) is 3.48. The van der Waals surface area contributed by atoms with E-state index in [2.05, 4.69) is 20.2 Å². The lowest BCUT2D eigenvalue weighted by atomic mass is 10.2. The predicted octanol–water partition coefficient (Wildman–Crippen LogP) is 3.29. The van der Waals surface area contributed by atoms with Crippen LogP contribution in [-0.2, 0) is 0 Å². The molecule has 1 aliphatic rings. The van der Waals surface area contributed by atoms with Crippen LogP contribution in [0.3, 0.4) is 0 Å². The Hall–Kier alpha value is -2.14. The maximum atomic E-state index is 12.4. The quantitative estimate of drug-likeness (QED) is 0.944. The number of amides is 1. The van der Waals surface area contributed by atoms with Crippen LogP contribution < -0.4 is 10.2 Å². The fourth-order valence-corrected chi connectivity index (χ4v) is 2.69. The van der Waals surface area contributed by atoms with Gasteiger partial charge in [0.1, 0.15) is 17.8 Å². The van der Waals surface area contributed by atoms with Crippen molar-refractivity contribution < 1.29 is 4.79 Å². The lowest BCUT2D eigenvalue weighted by Gasteiger charge is -2.16. The lowest BCUT2D eigenvalue weighted by molar-refractivity contribution is 0.102. The number of carbonyl (C=O) groups excluding carboxylic acids is 1. The van der Waals surface area contributed by atoms with E-state index >= 15 is 0 Å². The summed E-state index contributed by atoms with van der Waals surface area (Å²) in [6, 6.07) is 7.16. The van der Waals surface area contributed by atoms with E-state index in [1.807, 2.05) is 13.0 Å². The van der Waals surface area contributed by atoms with Crippen LogP contribution in [0.1, 0.15) is 28.9 Å². The van der Waals surface area contributed by atoms with Crippen molar-refractivity contribution in [3.05, 3.63) is 46.9 Å². The zero-order valence-electron chi connectivity index (χ0n) is 12.3. The van der Waals surface area contributed by atoms with Gasteiger partial charge in [-0.15, -0.1) is 0 Å². The molecule has 1 amide bonds. The smallest absolute Gasteiger partial charge is 0.274 e. The molecule has 114 valence electrons. The van der Waals surface area contributed by atoms with Crippen molar-refractivity contribution in [3.63, 3.8) is 0 Å². The number of hydrogen-bond donors (Lipinski definition) is 1. The standard InChI is InChI=1S/C16H17ClN4O/c1-11-12(17)5-4-6-13(11)20-16(22)14-9-15(19-10-18-14)21-7-2-3-8-21/h4-6,9-10H,2-3,7-8H2,1H3,(H,20,22). The molecule has 0 bridgehead atoms. The Morgan fingerprint density at radius 3 is 2.82 bits per heavy atom. The minimum atomic E-state index is -0.256. The number of nitrogens with zero attached hydrogens (tertiary/aromatic N) is 3. The summed E-state index contributed by atoms with van der Waals surface area (Å²) in [7, 11) is 0. The number of halogens is 1. The topological polar surface area (TPSA) is 58.1 Å². The van der Waals surface area contributed by atoms with Gasteiger partial charge in [0.2, 0.25) is 0 Å². The van der Waals surface area contributed by atoms with E-state index in [0.717, 1.165) is 37.3 Å². The van der Waals surface area contributed by atoms with Crippen molar-refractivity contribution in [2.75, 3.05) is 23.3 Å². The second-order valence-electron chi connectivity index (χ2n) is 5.32. The van der Waals surface area contributed by atoms with Gasteiger partial charge in [0.15, 0.2) is 0 Å².